The summed E-state index contributed by atoms with van der Waals surface area (Å²) < 4.78 is 55.1. The number of rotatable bonds is 4. The molecule has 0 saturated carbocycles. The van der Waals surface area contributed by atoms with Crippen LogP contribution in [0.3, 0.4) is 0 Å². The number of urea groups is 1. The average molecular weight is 500 g/mol. The predicted molar refractivity (Wildman–Crippen MR) is 127 cm³/mol. The van der Waals surface area contributed by atoms with Crippen LogP contribution < -0.4 is 9.80 Å². The van der Waals surface area contributed by atoms with E-state index in [1.54, 1.807) is 23.1 Å². The number of halogens is 4. The minimum atomic E-state index is -4.68. The van der Waals surface area contributed by atoms with Crippen LogP contribution in [0.15, 0.2) is 54.9 Å². The molecule has 1 aromatic heterocycles. The predicted octanol–water partition coefficient (Wildman–Crippen LogP) is 5.55. The van der Waals surface area contributed by atoms with Crippen molar-refractivity contribution in [3.8, 4) is 0 Å². The Morgan fingerprint density at radius 3 is 2.44 bits per heavy atom. The van der Waals surface area contributed by atoms with E-state index in [9.17, 15) is 22.4 Å². The van der Waals surface area contributed by atoms with Gasteiger partial charge in [-0.3, -0.25) is 9.88 Å². The number of para-hydroxylation sites is 2. The molecule has 10 heteroatoms. The minimum Gasteiger partial charge on any atom is -0.369 e. The second-order valence-corrected chi connectivity index (χ2v) is 9.10. The molecule has 2 aliphatic rings. The van der Waals surface area contributed by atoms with Gasteiger partial charge in [0.1, 0.15) is 5.82 Å². The Morgan fingerprint density at radius 2 is 1.72 bits per heavy atom. The Hall–Kier alpha value is -3.69. The molecule has 3 aromatic rings. The summed E-state index contributed by atoms with van der Waals surface area (Å²) in [5.74, 6) is -0.271. The highest BCUT2D eigenvalue weighted by Crippen LogP contribution is 2.36. The van der Waals surface area contributed by atoms with E-state index in [4.69, 9.17) is 0 Å². The van der Waals surface area contributed by atoms with Gasteiger partial charge in [0.25, 0.3) is 0 Å². The third-order valence-electron chi connectivity index (χ3n) is 6.86. The van der Waals surface area contributed by atoms with Gasteiger partial charge in [0.15, 0.2) is 5.69 Å². The number of benzene rings is 2. The molecule has 0 atom stereocenters. The van der Waals surface area contributed by atoms with Gasteiger partial charge in [0.05, 0.1) is 23.6 Å². The number of carbonyl (C=O) groups excluding carboxylic acids is 1. The van der Waals surface area contributed by atoms with Crippen molar-refractivity contribution in [2.75, 3.05) is 22.9 Å². The van der Waals surface area contributed by atoms with Gasteiger partial charge in [0, 0.05) is 38.1 Å². The molecule has 0 radical (unpaired) electrons. The van der Waals surface area contributed by atoms with Crippen molar-refractivity contribution in [2.45, 2.75) is 45.1 Å². The summed E-state index contributed by atoms with van der Waals surface area (Å²) >= 11 is 0. The minimum absolute atomic E-state index is 0.124. The molecule has 0 spiro atoms. The number of nitrogens with zero attached hydrogens (tertiary/aromatic N) is 5. The molecule has 2 amide bonds. The third kappa shape index (κ3) is 4.47. The van der Waals surface area contributed by atoms with Crippen molar-refractivity contribution in [1.82, 2.24) is 14.9 Å². The van der Waals surface area contributed by atoms with Crippen LogP contribution in [-0.2, 0) is 19.3 Å². The molecule has 2 aromatic carbocycles. The van der Waals surface area contributed by atoms with Crippen LogP contribution >= 0.6 is 0 Å². The van der Waals surface area contributed by atoms with E-state index in [1.165, 1.54) is 17.2 Å². The Kier molecular flexibility index (Phi) is 6.27. The average Bonchev–Trinajstić information content (AvgIpc) is 2.86. The van der Waals surface area contributed by atoms with Crippen LogP contribution in [0, 0.1) is 12.7 Å². The van der Waals surface area contributed by atoms with Gasteiger partial charge in [0.2, 0.25) is 0 Å². The van der Waals surface area contributed by atoms with Gasteiger partial charge in [-0.05, 0) is 43.0 Å². The number of carbonyl (C=O) groups is 1. The fourth-order valence-corrected chi connectivity index (χ4v) is 5.15. The quantitative estimate of drug-likeness (QED) is 0.442. The lowest BCUT2D eigenvalue weighted by atomic mass is 9.99. The Labute approximate surface area is 206 Å². The first-order valence-corrected chi connectivity index (χ1v) is 11.8. The van der Waals surface area contributed by atoms with E-state index in [0.29, 0.717) is 43.9 Å². The van der Waals surface area contributed by atoms with Crippen molar-refractivity contribution in [3.63, 3.8) is 0 Å². The van der Waals surface area contributed by atoms with Gasteiger partial charge in [-0.25, -0.2) is 14.2 Å². The van der Waals surface area contributed by atoms with E-state index in [-0.39, 0.29) is 30.1 Å². The van der Waals surface area contributed by atoms with Gasteiger partial charge in [-0.15, -0.1) is 0 Å². The Morgan fingerprint density at radius 1 is 1.00 bits per heavy atom. The zero-order valence-electron chi connectivity index (χ0n) is 19.7. The summed E-state index contributed by atoms with van der Waals surface area (Å²) in [6.07, 6.45) is -1.25. The smallest absolute Gasteiger partial charge is 0.369 e. The van der Waals surface area contributed by atoms with Crippen LogP contribution in [0.5, 0.6) is 0 Å². The summed E-state index contributed by atoms with van der Waals surface area (Å²) in [5, 5.41) is 0. The van der Waals surface area contributed by atoms with Gasteiger partial charge < -0.3 is 9.80 Å². The lowest BCUT2D eigenvalue weighted by molar-refractivity contribution is -0.142. The van der Waals surface area contributed by atoms with Crippen molar-refractivity contribution >= 4 is 17.4 Å². The van der Waals surface area contributed by atoms with Crippen LogP contribution in [0.1, 0.15) is 35.4 Å². The van der Waals surface area contributed by atoms with E-state index in [2.05, 4.69) is 9.97 Å². The Bertz CT molecular complexity index is 1250. The Balaban J connectivity index is 1.39. The maximum atomic E-state index is 14.5. The van der Waals surface area contributed by atoms with E-state index in [1.807, 2.05) is 30.0 Å². The summed E-state index contributed by atoms with van der Waals surface area (Å²) in [4.78, 5) is 26.1. The number of fused-ring (bicyclic) bond motifs is 1. The zero-order valence-corrected chi connectivity index (χ0v) is 19.7. The van der Waals surface area contributed by atoms with Gasteiger partial charge in [-0.2, -0.15) is 13.2 Å². The number of anilines is 2. The van der Waals surface area contributed by atoms with Crippen molar-refractivity contribution in [3.05, 3.63) is 83.2 Å². The van der Waals surface area contributed by atoms with Crippen molar-refractivity contribution in [1.29, 1.82) is 0 Å². The number of aryl methyl sites for hydroxylation is 1. The lowest BCUT2D eigenvalue weighted by Gasteiger charge is -2.44. The third-order valence-corrected chi connectivity index (χ3v) is 6.86. The largest absolute Gasteiger partial charge is 0.435 e. The van der Waals surface area contributed by atoms with Crippen LogP contribution in [0.25, 0.3) is 0 Å². The summed E-state index contributed by atoms with van der Waals surface area (Å²) in [6.45, 7) is 3.03. The SMILES string of the molecule is Cc1cccc(F)c1N1CCC(N2Cc3ccccc3N(Cc3nccnc3C(F)(F)F)C2=O)CC1. The highest BCUT2D eigenvalue weighted by atomic mass is 19.4. The molecule has 3 heterocycles. The number of hydrogen-bond donors (Lipinski definition) is 0. The van der Waals surface area contributed by atoms with Crippen molar-refractivity contribution < 1.29 is 22.4 Å². The second kappa shape index (κ2) is 9.40. The molecule has 2 aliphatic heterocycles. The van der Waals surface area contributed by atoms with Crippen LogP contribution in [0.2, 0.25) is 0 Å². The summed E-state index contributed by atoms with van der Waals surface area (Å²) in [7, 11) is 0. The normalized spacial score (nSPS) is 16.9. The molecule has 188 valence electrons. The van der Waals surface area contributed by atoms with E-state index in [0.717, 1.165) is 17.3 Å². The molecule has 1 fully saturated rings. The lowest BCUT2D eigenvalue weighted by Crippen LogP contribution is -2.54. The molecule has 0 bridgehead atoms. The number of piperidine rings is 1. The van der Waals surface area contributed by atoms with E-state index >= 15 is 0 Å². The molecule has 6 nitrogen and oxygen atoms in total. The molecule has 0 aliphatic carbocycles. The topological polar surface area (TPSA) is 52.6 Å². The van der Waals surface area contributed by atoms with Gasteiger partial charge >= 0.3 is 12.2 Å². The first-order valence-electron chi connectivity index (χ1n) is 11.8. The maximum absolute atomic E-state index is 14.5. The van der Waals surface area contributed by atoms with Crippen LogP contribution in [0.4, 0.5) is 33.7 Å². The zero-order chi connectivity index (χ0) is 25.4. The van der Waals surface area contributed by atoms with Crippen LogP contribution in [-0.4, -0.2) is 40.0 Å². The molecule has 0 unspecified atom stereocenters. The number of amides is 2. The molecule has 1 saturated heterocycles. The van der Waals surface area contributed by atoms with Gasteiger partial charge in [-0.1, -0.05) is 30.3 Å². The fourth-order valence-electron chi connectivity index (χ4n) is 5.15. The fraction of sp³-hybridized carbons (Fsp3) is 0.346. The maximum Gasteiger partial charge on any atom is 0.435 e. The number of hydrogen-bond acceptors (Lipinski definition) is 4. The van der Waals surface area contributed by atoms with Crippen molar-refractivity contribution in [2.24, 2.45) is 0 Å². The standard InChI is InChI=1S/C26H25F4N5O/c1-17-5-4-7-20(27)23(17)33-13-9-19(10-14-33)34-15-18-6-2-3-8-22(18)35(25(34)36)16-21-24(26(28,29)30)32-12-11-31-21/h2-8,11-12,19H,9-10,13-16H2,1H3. The summed E-state index contributed by atoms with van der Waals surface area (Å²) in [6, 6.07) is 11.7. The first kappa shape index (κ1) is 24.0. The number of aromatic nitrogens is 2. The monoisotopic (exact) mass is 499 g/mol. The highest BCUT2D eigenvalue weighted by molar-refractivity contribution is 5.95. The summed E-state index contributed by atoms with van der Waals surface area (Å²) in [5.41, 5.74) is 1.45. The molecule has 0 N–H and O–H groups in total. The molecule has 5 rings (SSSR count). The number of alkyl halides is 3. The second-order valence-electron chi connectivity index (χ2n) is 9.10. The van der Waals surface area contributed by atoms with E-state index < -0.39 is 11.9 Å². The molecule has 36 heavy (non-hydrogen) atoms. The molecular formula is C26H25F4N5O. The first-order chi connectivity index (χ1) is 17.2. The molecular weight excluding hydrogens is 474 g/mol. The highest BCUT2D eigenvalue weighted by Gasteiger charge is 2.40.